The molecule has 126 valence electrons. The molecule has 2 aromatic rings. The molecule has 2 aliphatic rings. The van der Waals surface area contributed by atoms with Gasteiger partial charge in [0.05, 0.1) is 25.4 Å². The molecule has 0 N–H and O–H groups in total. The van der Waals surface area contributed by atoms with Gasteiger partial charge in [-0.25, -0.2) is 0 Å². The molecule has 5 nitrogen and oxygen atoms in total. The third kappa shape index (κ3) is 3.48. The Balaban J connectivity index is 1.37. The molecule has 0 unspecified atom stereocenters. The van der Waals surface area contributed by atoms with Crippen LogP contribution in [0.1, 0.15) is 24.0 Å². The largest absolute Gasteiger partial charge is 0.373 e. The number of morpholine rings is 1. The molecular weight excluding hydrogens is 302 g/mol. The number of fused-ring (bicyclic) bond motifs is 1. The molecule has 0 amide bonds. The second kappa shape index (κ2) is 7.38. The molecule has 1 aliphatic carbocycles. The molecule has 1 saturated heterocycles. The number of hydrogen-bond donors (Lipinski definition) is 0. The van der Waals surface area contributed by atoms with Gasteiger partial charge in [0, 0.05) is 43.9 Å². The van der Waals surface area contributed by atoms with Gasteiger partial charge in [-0.2, -0.15) is 0 Å². The number of ether oxygens (including phenoxy) is 2. The molecule has 1 aliphatic heterocycles. The van der Waals surface area contributed by atoms with E-state index in [2.05, 4.69) is 27.0 Å². The van der Waals surface area contributed by atoms with Gasteiger partial charge in [0.2, 0.25) is 0 Å². The summed E-state index contributed by atoms with van der Waals surface area (Å²) in [7, 11) is 0. The summed E-state index contributed by atoms with van der Waals surface area (Å²) >= 11 is 0. The summed E-state index contributed by atoms with van der Waals surface area (Å²) in [5, 5.41) is 0. The summed E-state index contributed by atoms with van der Waals surface area (Å²) < 4.78 is 12.2. The summed E-state index contributed by atoms with van der Waals surface area (Å²) in [6.45, 7) is 3.29. The second-order valence-corrected chi connectivity index (χ2v) is 6.52. The zero-order valence-electron chi connectivity index (χ0n) is 13.8. The minimum absolute atomic E-state index is 0.173. The number of hydrogen-bond acceptors (Lipinski definition) is 5. The minimum atomic E-state index is 0.173. The first-order chi connectivity index (χ1) is 11.9. The Kier molecular flexibility index (Phi) is 4.83. The lowest BCUT2D eigenvalue weighted by molar-refractivity contribution is -0.118. The fraction of sp³-hybridized carbons (Fsp3) is 0.474. The van der Waals surface area contributed by atoms with E-state index in [4.69, 9.17) is 9.47 Å². The number of aromatic nitrogens is 2. The van der Waals surface area contributed by atoms with E-state index in [0.717, 1.165) is 38.1 Å². The average molecular weight is 325 g/mol. The zero-order valence-corrected chi connectivity index (χ0v) is 13.8. The summed E-state index contributed by atoms with van der Waals surface area (Å²) in [6, 6.07) is 8.58. The first-order valence-corrected chi connectivity index (χ1v) is 8.65. The van der Waals surface area contributed by atoms with Crippen molar-refractivity contribution in [2.75, 3.05) is 13.2 Å². The van der Waals surface area contributed by atoms with Crippen LogP contribution in [0.5, 0.6) is 0 Å². The summed E-state index contributed by atoms with van der Waals surface area (Å²) in [5.41, 5.74) is 2.38. The SMILES string of the molecule is c1cncc(CO[C@@H]2CC[C@@H]3[C@@H]2OCCN3Cc2cccnc2)c1. The average Bonchev–Trinajstić information content (AvgIpc) is 3.06. The first kappa shape index (κ1) is 15.7. The molecule has 24 heavy (non-hydrogen) atoms. The summed E-state index contributed by atoms with van der Waals surface area (Å²) in [6.07, 6.45) is 9.96. The molecule has 3 heterocycles. The Bertz CT molecular complexity index is 638. The van der Waals surface area contributed by atoms with E-state index in [-0.39, 0.29) is 12.2 Å². The number of nitrogens with zero attached hydrogens (tertiary/aromatic N) is 3. The van der Waals surface area contributed by atoms with Crippen LogP contribution in [-0.4, -0.2) is 46.3 Å². The highest BCUT2D eigenvalue weighted by Gasteiger charge is 2.43. The molecule has 2 aromatic heterocycles. The van der Waals surface area contributed by atoms with E-state index in [9.17, 15) is 0 Å². The van der Waals surface area contributed by atoms with Crippen molar-refractivity contribution < 1.29 is 9.47 Å². The summed E-state index contributed by atoms with van der Waals surface area (Å²) in [5.74, 6) is 0. The van der Waals surface area contributed by atoms with Crippen LogP contribution in [0.15, 0.2) is 49.1 Å². The van der Waals surface area contributed by atoms with E-state index >= 15 is 0 Å². The monoisotopic (exact) mass is 325 g/mol. The van der Waals surface area contributed by atoms with E-state index in [1.165, 1.54) is 5.56 Å². The van der Waals surface area contributed by atoms with E-state index in [0.29, 0.717) is 12.6 Å². The Morgan fingerprint density at radius 2 is 1.88 bits per heavy atom. The van der Waals surface area contributed by atoms with Crippen LogP contribution in [0.4, 0.5) is 0 Å². The summed E-state index contributed by atoms with van der Waals surface area (Å²) in [4.78, 5) is 10.9. The van der Waals surface area contributed by atoms with Gasteiger partial charge in [-0.3, -0.25) is 14.9 Å². The first-order valence-electron chi connectivity index (χ1n) is 8.65. The van der Waals surface area contributed by atoms with Crippen molar-refractivity contribution in [2.45, 2.75) is 44.2 Å². The normalized spacial score (nSPS) is 27.1. The maximum absolute atomic E-state index is 6.15. The maximum Gasteiger partial charge on any atom is 0.0992 e. The lowest BCUT2D eigenvalue weighted by Gasteiger charge is -2.39. The lowest BCUT2D eigenvalue weighted by Crippen LogP contribution is -2.51. The zero-order chi connectivity index (χ0) is 16.2. The third-order valence-corrected chi connectivity index (χ3v) is 4.95. The van der Waals surface area contributed by atoms with Gasteiger partial charge >= 0.3 is 0 Å². The Morgan fingerprint density at radius 3 is 2.62 bits per heavy atom. The number of pyridine rings is 2. The highest BCUT2D eigenvalue weighted by molar-refractivity contribution is 5.10. The molecule has 4 rings (SSSR count). The molecule has 1 saturated carbocycles. The van der Waals surface area contributed by atoms with Crippen LogP contribution in [0, 0.1) is 0 Å². The van der Waals surface area contributed by atoms with Crippen LogP contribution in [0.25, 0.3) is 0 Å². The molecule has 2 fully saturated rings. The molecule has 0 radical (unpaired) electrons. The van der Waals surface area contributed by atoms with Crippen molar-refractivity contribution >= 4 is 0 Å². The second-order valence-electron chi connectivity index (χ2n) is 6.52. The van der Waals surface area contributed by atoms with Crippen molar-refractivity contribution in [1.29, 1.82) is 0 Å². The van der Waals surface area contributed by atoms with Crippen LogP contribution >= 0.6 is 0 Å². The van der Waals surface area contributed by atoms with Crippen molar-refractivity contribution in [3.05, 3.63) is 60.2 Å². The van der Waals surface area contributed by atoms with E-state index in [1.807, 2.05) is 30.7 Å². The van der Waals surface area contributed by atoms with Gasteiger partial charge in [0.1, 0.15) is 0 Å². The molecule has 0 bridgehead atoms. The molecule has 0 spiro atoms. The molecule has 3 atom stereocenters. The van der Waals surface area contributed by atoms with Crippen LogP contribution in [0.3, 0.4) is 0 Å². The van der Waals surface area contributed by atoms with Crippen molar-refractivity contribution in [3.63, 3.8) is 0 Å². The molecule has 5 heteroatoms. The van der Waals surface area contributed by atoms with Gasteiger partial charge in [0.15, 0.2) is 0 Å². The van der Waals surface area contributed by atoms with Crippen molar-refractivity contribution in [2.24, 2.45) is 0 Å². The Labute approximate surface area is 142 Å². The molecular formula is C19H23N3O2. The van der Waals surface area contributed by atoms with Crippen LogP contribution in [0.2, 0.25) is 0 Å². The highest BCUT2D eigenvalue weighted by atomic mass is 16.5. The van der Waals surface area contributed by atoms with Gasteiger partial charge in [-0.1, -0.05) is 12.1 Å². The standard InChI is InChI=1S/C19H23N3O2/c1-3-15(11-20-7-1)13-22-9-10-23-19-17(22)5-6-18(19)24-14-16-4-2-8-21-12-16/h1-4,7-8,11-12,17-19H,5-6,9-10,13-14H2/t17-,18-,19+/m1/s1. The highest BCUT2D eigenvalue weighted by Crippen LogP contribution is 2.33. The fourth-order valence-corrected chi connectivity index (χ4v) is 3.78. The minimum Gasteiger partial charge on any atom is -0.373 e. The van der Waals surface area contributed by atoms with E-state index < -0.39 is 0 Å². The van der Waals surface area contributed by atoms with Gasteiger partial charge < -0.3 is 9.47 Å². The van der Waals surface area contributed by atoms with Crippen molar-refractivity contribution in [1.82, 2.24) is 14.9 Å². The maximum atomic E-state index is 6.15. The van der Waals surface area contributed by atoms with Crippen molar-refractivity contribution in [3.8, 4) is 0 Å². The molecule has 0 aromatic carbocycles. The topological polar surface area (TPSA) is 47.5 Å². The predicted molar refractivity (Wildman–Crippen MR) is 90.2 cm³/mol. The van der Waals surface area contributed by atoms with Crippen LogP contribution < -0.4 is 0 Å². The Hall–Kier alpha value is -1.82. The third-order valence-electron chi connectivity index (χ3n) is 4.95. The van der Waals surface area contributed by atoms with E-state index in [1.54, 1.807) is 6.20 Å². The van der Waals surface area contributed by atoms with Gasteiger partial charge in [-0.15, -0.1) is 0 Å². The number of rotatable bonds is 5. The smallest absolute Gasteiger partial charge is 0.0992 e. The van der Waals surface area contributed by atoms with Gasteiger partial charge in [0.25, 0.3) is 0 Å². The fourth-order valence-electron chi connectivity index (χ4n) is 3.78. The quantitative estimate of drug-likeness (QED) is 0.845. The van der Waals surface area contributed by atoms with Crippen LogP contribution in [-0.2, 0) is 22.6 Å². The predicted octanol–water partition coefficient (Wildman–Crippen LogP) is 2.43. The lowest BCUT2D eigenvalue weighted by atomic mass is 10.1. The Morgan fingerprint density at radius 1 is 1.08 bits per heavy atom. The van der Waals surface area contributed by atoms with Gasteiger partial charge in [-0.05, 0) is 36.1 Å².